The number of piperidine rings is 1. The molecule has 0 aliphatic carbocycles. The average Bonchev–Trinajstić information content (AvgIpc) is 3.13. The summed E-state index contributed by atoms with van der Waals surface area (Å²) in [6, 6.07) is 3.84. The first-order valence-electron chi connectivity index (χ1n) is 8.44. The molecular formula is C17H24N4O2. The molecule has 23 heavy (non-hydrogen) atoms. The third-order valence-electron chi connectivity index (χ3n) is 4.69. The Morgan fingerprint density at radius 1 is 1.26 bits per heavy atom. The highest BCUT2D eigenvalue weighted by Gasteiger charge is 2.29. The summed E-state index contributed by atoms with van der Waals surface area (Å²) in [6.07, 6.45) is 7.27. The molecule has 2 atom stereocenters. The topological polar surface area (TPSA) is 74.3 Å². The highest BCUT2D eigenvalue weighted by Crippen LogP contribution is 2.19. The van der Waals surface area contributed by atoms with Crippen molar-refractivity contribution in [3.63, 3.8) is 0 Å². The molecule has 2 fully saturated rings. The number of likely N-dealkylation sites (tertiary alicyclic amines) is 1. The van der Waals surface area contributed by atoms with Crippen LogP contribution in [-0.2, 0) is 4.79 Å². The van der Waals surface area contributed by atoms with Crippen molar-refractivity contribution in [1.82, 2.24) is 20.5 Å². The van der Waals surface area contributed by atoms with E-state index in [0.717, 1.165) is 32.4 Å². The van der Waals surface area contributed by atoms with E-state index in [0.29, 0.717) is 24.7 Å². The van der Waals surface area contributed by atoms with E-state index in [9.17, 15) is 9.59 Å². The summed E-state index contributed by atoms with van der Waals surface area (Å²) >= 11 is 0. The first-order valence-corrected chi connectivity index (χ1v) is 8.44. The minimum absolute atomic E-state index is 0.0117. The SMILES string of the molecule is O=C(NCC1CCCN1)C1CCCN(C(=O)c2ccncc2)C1. The minimum atomic E-state index is -0.101. The quantitative estimate of drug-likeness (QED) is 0.862. The molecule has 0 aromatic carbocycles. The van der Waals surface area contributed by atoms with Gasteiger partial charge in [0, 0.05) is 43.6 Å². The number of pyridine rings is 1. The Hall–Kier alpha value is -1.95. The van der Waals surface area contributed by atoms with Crippen molar-refractivity contribution >= 4 is 11.8 Å². The Morgan fingerprint density at radius 3 is 2.83 bits per heavy atom. The first kappa shape index (κ1) is 15.9. The average molecular weight is 316 g/mol. The zero-order chi connectivity index (χ0) is 16.1. The molecule has 0 radical (unpaired) electrons. The van der Waals surface area contributed by atoms with E-state index in [4.69, 9.17) is 0 Å². The lowest BCUT2D eigenvalue weighted by Crippen LogP contribution is -2.47. The van der Waals surface area contributed by atoms with Gasteiger partial charge < -0.3 is 15.5 Å². The fourth-order valence-corrected chi connectivity index (χ4v) is 3.35. The van der Waals surface area contributed by atoms with Crippen LogP contribution in [0.25, 0.3) is 0 Å². The fraction of sp³-hybridized carbons (Fsp3) is 0.588. The lowest BCUT2D eigenvalue weighted by Gasteiger charge is -2.32. The van der Waals surface area contributed by atoms with Crippen molar-refractivity contribution in [2.75, 3.05) is 26.2 Å². The van der Waals surface area contributed by atoms with Gasteiger partial charge in [0.2, 0.25) is 5.91 Å². The van der Waals surface area contributed by atoms with Gasteiger partial charge in [0.1, 0.15) is 0 Å². The molecule has 124 valence electrons. The molecule has 1 aromatic heterocycles. The third kappa shape index (κ3) is 4.07. The predicted molar refractivity (Wildman–Crippen MR) is 86.9 cm³/mol. The molecular weight excluding hydrogens is 292 g/mol. The molecule has 2 N–H and O–H groups in total. The number of carbonyl (C=O) groups is 2. The van der Waals surface area contributed by atoms with Crippen LogP contribution in [0.3, 0.4) is 0 Å². The number of amides is 2. The predicted octanol–water partition coefficient (Wildman–Crippen LogP) is 0.802. The van der Waals surface area contributed by atoms with E-state index < -0.39 is 0 Å². The molecule has 2 saturated heterocycles. The van der Waals surface area contributed by atoms with Crippen molar-refractivity contribution in [3.05, 3.63) is 30.1 Å². The Labute approximate surface area is 136 Å². The minimum Gasteiger partial charge on any atom is -0.354 e. The van der Waals surface area contributed by atoms with Crippen LogP contribution < -0.4 is 10.6 Å². The van der Waals surface area contributed by atoms with Gasteiger partial charge in [-0.3, -0.25) is 14.6 Å². The molecule has 2 amide bonds. The molecule has 6 heteroatoms. The summed E-state index contributed by atoms with van der Waals surface area (Å²) in [4.78, 5) is 30.6. The molecule has 0 spiro atoms. The Kier molecular flexibility index (Phi) is 5.23. The van der Waals surface area contributed by atoms with Crippen LogP contribution in [0.4, 0.5) is 0 Å². The molecule has 3 heterocycles. The van der Waals surface area contributed by atoms with Crippen LogP contribution in [0.2, 0.25) is 0 Å². The van der Waals surface area contributed by atoms with Gasteiger partial charge >= 0.3 is 0 Å². The molecule has 6 nitrogen and oxygen atoms in total. The lowest BCUT2D eigenvalue weighted by molar-refractivity contribution is -0.126. The van der Waals surface area contributed by atoms with Crippen LogP contribution in [0.1, 0.15) is 36.0 Å². The lowest BCUT2D eigenvalue weighted by atomic mass is 9.96. The standard InChI is InChI=1S/C17H24N4O2/c22-16(20-11-15-4-1-7-19-15)14-3-2-10-21(12-14)17(23)13-5-8-18-9-6-13/h5-6,8-9,14-15,19H,1-4,7,10-12H2,(H,20,22). The molecule has 2 aliphatic heterocycles. The molecule has 2 aliphatic rings. The maximum absolute atomic E-state index is 12.5. The van der Waals surface area contributed by atoms with Gasteiger partial charge in [-0.05, 0) is 44.4 Å². The van der Waals surface area contributed by atoms with E-state index in [-0.39, 0.29) is 17.7 Å². The zero-order valence-corrected chi connectivity index (χ0v) is 13.3. The van der Waals surface area contributed by atoms with Crippen LogP contribution >= 0.6 is 0 Å². The molecule has 0 saturated carbocycles. The normalized spacial score (nSPS) is 24.4. The van der Waals surface area contributed by atoms with Gasteiger partial charge in [-0.15, -0.1) is 0 Å². The Morgan fingerprint density at radius 2 is 2.09 bits per heavy atom. The number of aromatic nitrogens is 1. The van der Waals surface area contributed by atoms with Gasteiger partial charge in [-0.2, -0.15) is 0 Å². The highest BCUT2D eigenvalue weighted by molar-refractivity contribution is 5.94. The van der Waals surface area contributed by atoms with Gasteiger partial charge in [0.15, 0.2) is 0 Å². The van der Waals surface area contributed by atoms with Crippen molar-refractivity contribution in [3.8, 4) is 0 Å². The van der Waals surface area contributed by atoms with Crippen LogP contribution in [-0.4, -0.2) is 53.9 Å². The third-order valence-corrected chi connectivity index (χ3v) is 4.69. The smallest absolute Gasteiger partial charge is 0.253 e. The van der Waals surface area contributed by atoms with Gasteiger partial charge in [0.05, 0.1) is 5.92 Å². The largest absolute Gasteiger partial charge is 0.354 e. The summed E-state index contributed by atoms with van der Waals surface area (Å²) in [6.45, 7) is 2.95. The van der Waals surface area contributed by atoms with Gasteiger partial charge in [-0.25, -0.2) is 0 Å². The maximum atomic E-state index is 12.5. The van der Waals surface area contributed by atoms with E-state index in [1.165, 1.54) is 6.42 Å². The number of hydrogen-bond acceptors (Lipinski definition) is 4. The molecule has 1 aromatic rings. The maximum Gasteiger partial charge on any atom is 0.253 e. The second kappa shape index (κ2) is 7.55. The highest BCUT2D eigenvalue weighted by atomic mass is 16.2. The van der Waals surface area contributed by atoms with Crippen LogP contribution in [0.15, 0.2) is 24.5 Å². The molecule has 3 rings (SSSR count). The van der Waals surface area contributed by atoms with E-state index in [1.807, 2.05) is 0 Å². The van der Waals surface area contributed by atoms with E-state index in [2.05, 4.69) is 15.6 Å². The number of nitrogens with one attached hydrogen (secondary N) is 2. The summed E-state index contributed by atoms with van der Waals surface area (Å²) in [5.41, 5.74) is 0.635. The van der Waals surface area contributed by atoms with Crippen molar-refractivity contribution < 1.29 is 9.59 Å². The second-order valence-electron chi connectivity index (χ2n) is 6.36. The number of nitrogens with zero attached hydrogens (tertiary/aromatic N) is 2. The van der Waals surface area contributed by atoms with Crippen molar-refractivity contribution in [2.24, 2.45) is 5.92 Å². The fourth-order valence-electron chi connectivity index (χ4n) is 3.35. The first-order chi connectivity index (χ1) is 11.2. The van der Waals surface area contributed by atoms with Gasteiger partial charge in [0.25, 0.3) is 5.91 Å². The number of carbonyl (C=O) groups excluding carboxylic acids is 2. The summed E-state index contributed by atoms with van der Waals surface area (Å²) < 4.78 is 0. The van der Waals surface area contributed by atoms with Crippen LogP contribution in [0, 0.1) is 5.92 Å². The van der Waals surface area contributed by atoms with Crippen LogP contribution in [0.5, 0.6) is 0 Å². The van der Waals surface area contributed by atoms with E-state index >= 15 is 0 Å². The summed E-state index contributed by atoms with van der Waals surface area (Å²) in [7, 11) is 0. The number of hydrogen-bond donors (Lipinski definition) is 2. The monoisotopic (exact) mass is 316 g/mol. The molecule has 0 bridgehead atoms. The Bertz CT molecular complexity index is 543. The van der Waals surface area contributed by atoms with Crippen molar-refractivity contribution in [2.45, 2.75) is 31.7 Å². The summed E-state index contributed by atoms with van der Waals surface area (Å²) in [5, 5.41) is 6.42. The van der Waals surface area contributed by atoms with E-state index in [1.54, 1.807) is 29.4 Å². The second-order valence-corrected chi connectivity index (χ2v) is 6.36. The van der Waals surface area contributed by atoms with Gasteiger partial charge in [-0.1, -0.05) is 0 Å². The van der Waals surface area contributed by atoms with Crippen molar-refractivity contribution in [1.29, 1.82) is 0 Å². The summed E-state index contributed by atoms with van der Waals surface area (Å²) in [5.74, 6) is -0.0378. The molecule has 2 unspecified atom stereocenters. The number of rotatable bonds is 4. The Balaban J connectivity index is 1.53. The zero-order valence-electron chi connectivity index (χ0n) is 13.3.